The van der Waals surface area contributed by atoms with Crippen molar-refractivity contribution in [3.63, 3.8) is 0 Å². The quantitative estimate of drug-likeness (QED) is 0.816. The largest absolute Gasteiger partial charge is 0.330 e. The summed E-state index contributed by atoms with van der Waals surface area (Å²) >= 11 is 0. The van der Waals surface area contributed by atoms with Gasteiger partial charge in [0.25, 0.3) is 0 Å². The fraction of sp³-hybridized carbons (Fsp3) is 0.417. The molecule has 6 heteroatoms. The van der Waals surface area contributed by atoms with Gasteiger partial charge in [0.05, 0.1) is 0 Å². The van der Waals surface area contributed by atoms with Gasteiger partial charge < -0.3 is 5.73 Å². The van der Waals surface area contributed by atoms with Gasteiger partial charge in [-0.3, -0.25) is 0 Å². The van der Waals surface area contributed by atoms with Crippen molar-refractivity contribution in [3.8, 4) is 11.4 Å². The number of nitrogens with zero attached hydrogens (tertiary/aromatic N) is 4. The maximum Gasteiger partial charge on any atom is 0.182 e. The van der Waals surface area contributed by atoms with Gasteiger partial charge in [-0.25, -0.2) is 9.07 Å². The van der Waals surface area contributed by atoms with Crippen LogP contribution in [0, 0.1) is 12.7 Å². The molecule has 5 nitrogen and oxygen atoms in total. The van der Waals surface area contributed by atoms with Crippen LogP contribution >= 0.6 is 0 Å². The number of halogens is 1. The average Bonchev–Trinajstić information content (AvgIpc) is 2.81. The lowest BCUT2D eigenvalue weighted by atomic mass is 10.1. The molecule has 0 saturated heterocycles. The van der Waals surface area contributed by atoms with Crippen LogP contribution in [0.4, 0.5) is 4.39 Å². The number of aromatic nitrogens is 4. The molecule has 96 valence electrons. The zero-order valence-electron chi connectivity index (χ0n) is 10.3. The molecule has 18 heavy (non-hydrogen) atoms. The fourth-order valence-corrected chi connectivity index (χ4v) is 1.70. The lowest BCUT2D eigenvalue weighted by Gasteiger charge is -2.05. The molecule has 2 rings (SSSR count). The second kappa shape index (κ2) is 5.68. The average molecular weight is 249 g/mol. The Labute approximate surface area is 105 Å². The molecular formula is C12H16FN5. The molecule has 1 heterocycles. The number of benzene rings is 1. The van der Waals surface area contributed by atoms with E-state index in [9.17, 15) is 4.39 Å². The van der Waals surface area contributed by atoms with Crippen LogP contribution in [-0.2, 0) is 6.54 Å². The Morgan fingerprint density at radius 2 is 2.17 bits per heavy atom. The molecule has 0 amide bonds. The number of nitrogens with two attached hydrogens (primary N) is 1. The summed E-state index contributed by atoms with van der Waals surface area (Å²) in [5, 5.41) is 11.5. The highest BCUT2D eigenvalue weighted by atomic mass is 19.1. The minimum Gasteiger partial charge on any atom is -0.330 e. The monoisotopic (exact) mass is 249 g/mol. The third-order valence-electron chi connectivity index (χ3n) is 2.79. The van der Waals surface area contributed by atoms with E-state index in [1.165, 1.54) is 6.07 Å². The summed E-state index contributed by atoms with van der Waals surface area (Å²) in [6, 6.07) is 5.01. The maximum absolute atomic E-state index is 13.5. The SMILES string of the molecule is Cc1ccc(-c2nnnn2CCCCN)cc1F. The predicted octanol–water partition coefficient (Wildman–Crippen LogP) is 1.53. The molecule has 0 radical (unpaired) electrons. The van der Waals surface area contributed by atoms with Crippen molar-refractivity contribution in [1.29, 1.82) is 0 Å². The molecular weight excluding hydrogens is 233 g/mol. The highest BCUT2D eigenvalue weighted by Gasteiger charge is 2.10. The van der Waals surface area contributed by atoms with Crippen molar-refractivity contribution in [2.75, 3.05) is 6.54 Å². The molecule has 0 spiro atoms. The minimum absolute atomic E-state index is 0.246. The second-order valence-electron chi connectivity index (χ2n) is 4.19. The van der Waals surface area contributed by atoms with Crippen LogP contribution in [0.1, 0.15) is 18.4 Å². The van der Waals surface area contributed by atoms with Gasteiger partial charge in [-0.15, -0.1) is 5.10 Å². The molecule has 1 aromatic heterocycles. The smallest absolute Gasteiger partial charge is 0.182 e. The molecule has 0 aliphatic rings. The van der Waals surface area contributed by atoms with Crippen LogP contribution < -0.4 is 5.73 Å². The first kappa shape index (κ1) is 12.6. The molecule has 0 bridgehead atoms. The van der Waals surface area contributed by atoms with Crippen LogP contribution in [0.5, 0.6) is 0 Å². The summed E-state index contributed by atoms with van der Waals surface area (Å²) in [7, 11) is 0. The number of unbranched alkanes of at least 4 members (excludes halogenated alkanes) is 1. The van der Waals surface area contributed by atoms with Crippen molar-refractivity contribution in [2.24, 2.45) is 5.73 Å². The second-order valence-corrected chi connectivity index (χ2v) is 4.19. The first-order chi connectivity index (χ1) is 8.72. The number of rotatable bonds is 5. The third-order valence-corrected chi connectivity index (χ3v) is 2.79. The van der Waals surface area contributed by atoms with Gasteiger partial charge in [0.15, 0.2) is 5.82 Å². The van der Waals surface area contributed by atoms with E-state index in [2.05, 4.69) is 15.5 Å². The van der Waals surface area contributed by atoms with Crippen molar-refractivity contribution in [3.05, 3.63) is 29.6 Å². The summed E-state index contributed by atoms with van der Waals surface area (Å²) in [5.74, 6) is 0.343. The lowest BCUT2D eigenvalue weighted by molar-refractivity contribution is 0.548. The van der Waals surface area contributed by atoms with Crippen LogP contribution in [0.2, 0.25) is 0 Å². The van der Waals surface area contributed by atoms with Crippen molar-refractivity contribution >= 4 is 0 Å². The topological polar surface area (TPSA) is 69.6 Å². The van der Waals surface area contributed by atoms with Gasteiger partial charge in [0.2, 0.25) is 0 Å². The standard InChI is InChI=1S/C12H16FN5/c1-9-4-5-10(8-11(9)13)12-15-16-17-18(12)7-3-2-6-14/h4-5,8H,2-3,6-7,14H2,1H3. The number of hydrogen-bond acceptors (Lipinski definition) is 4. The molecule has 0 unspecified atom stereocenters. The Kier molecular flexibility index (Phi) is 3.99. The molecule has 0 aliphatic carbocycles. The Hall–Kier alpha value is -1.82. The molecule has 2 aromatic rings. The highest BCUT2D eigenvalue weighted by Crippen LogP contribution is 2.19. The Balaban J connectivity index is 2.22. The van der Waals surface area contributed by atoms with E-state index in [0.29, 0.717) is 30.0 Å². The van der Waals surface area contributed by atoms with Gasteiger partial charge >= 0.3 is 0 Å². The van der Waals surface area contributed by atoms with E-state index in [1.807, 2.05) is 6.07 Å². The molecule has 0 saturated carbocycles. The molecule has 0 atom stereocenters. The van der Waals surface area contributed by atoms with E-state index in [-0.39, 0.29) is 5.82 Å². The Morgan fingerprint density at radius 3 is 2.89 bits per heavy atom. The van der Waals surface area contributed by atoms with Gasteiger partial charge in [0.1, 0.15) is 5.82 Å². The van der Waals surface area contributed by atoms with Gasteiger partial charge in [-0.2, -0.15) is 0 Å². The van der Waals surface area contributed by atoms with Gasteiger partial charge in [-0.05, 0) is 48.4 Å². The fourth-order valence-electron chi connectivity index (χ4n) is 1.70. The Morgan fingerprint density at radius 1 is 1.33 bits per heavy atom. The molecule has 2 N–H and O–H groups in total. The highest BCUT2D eigenvalue weighted by molar-refractivity contribution is 5.55. The third kappa shape index (κ3) is 2.70. The minimum atomic E-state index is -0.246. The lowest BCUT2D eigenvalue weighted by Crippen LogP contribution is -2.06. The maximum atomic E-state index is 13.5. The number of hydrogen-bond donors (Lipinski definition) is 1. The van der Waals surface area contributed by atoms with Gasteiger partial charge in [-0.1, -0.05) is 12.1 Å². The van der Waals surface area contributed by atoms with Crippen LogP contribution in [0.15, 0.2) is 18.2 Å². The first-order valence-corrected chi connectivity index (χ1v) is 5.95. The van der Waals surface area contributed by atoms with Crippen molar-refractivity contribution in [2.45, 2.75) is 26.3 Å². The normalized spacial score (nSPS) is 10.8. The van der Waals surface area contributed by atoms with Gasteiger partial charge in [0, 0.05) is 12.1 Å². The van der Waals surface area contributed by atoms with E-state index < -0.39 is 0 Å². The summed E-state index contributed by atoms with van der Waals surface area (Å²) in [6.07, 6.45) is 1.82. The number of aryl methyl sites for hydroxylation is 2. The first-order valence-electron chi connectivity index (χ1n) is 5.95. The molecule has 0 aliphatic heterocycles. The van der Waals surface area contributed by atoms with Crippen molar-refractivity contribution in [1.82, 2.24) is 20.2 Å². The van der Waals surface area contributed by atoms with Crippen molar-refractivity contribution < 1.29 is 4.39 Å². The zero-order valence-corrected chi connectivity index (χ0v) is 10.3. The van der Waals surface area contributed by atoms with E-state index in [0.717, 1.165) is 12.8 Å². The van der Waals surface area contributed by atoms with E-state index in [1.54, 1.807) is 17.7 Å². The summed E-state index contributed by atoms with van der Waals surface area (Å²) in [6.45, 7) is 3.06. The zero-order chi connectivity index (χ0) is 13.0. The summed E-state index contributed by atoms with van der Waals surface area (Å²) < 4.78 is 15.2. The molecule has 0 fully saturated rings. The molecule has 1 aromatic carbocycles. The number of tetrazole rings is 1. The van der Waals surface area contributed by atoms with E-state index in [4.69, 9.17) is 5.73 Å². The van der Waals surface area contributed by atoms with E-state index >= 15 is 0 Å². The van der Waals surface area contributed by atoms with Crippen LogP contribution in [-0.4, -0.2) is 26.8 Å². The Bertz CT molecular complexity index is 523. The summed E-state index contributed by atoms with van der Waals surface area (Å²) in [4.78, 5) is 0. The predicted molar refractivity (Wildman–Crippen MR) is 66.2 cm³/mol. The van der Waals surface area contributed by atoms with Crippen LogP contribution in [0.25, 0.3) is 11.4 Å². The summed E-state index contributed by atoms with van der Waals surface area (Å²) in [5.41, 5.74) is 6.75. The van der Waals surface area contributed by atoms with Crippen LogP contribution in [0.3, 0.4) is 0 Å².